The lowest BCUT2D eigenvalue weighted by Crippen LogP contribution is -1.99. The SMILES string of the molecule is COc1ccc(COc2cccc(N)c2)c(OC)c1. The lowest BCUT2D eigenvalue weighted by atomic mass is 10.2. The Morgan fingerprint density at radius 3 is 2.47 bits per heavy atom. The third kappa shape index (κ3) is 3.31. The Balaban J connectivity index is 2.11. The maximum absolute atomic E-state index is 5.70. The molecule has 0 radical (unpaired) electrons. The van der Waals surface area contributed by atoms with E-state index in [-0.39, 0.29) is 0 Å². The molecule has 0 saturated carbocycles. The highest BCUT2D eigenvalue weighted by Gasteiger charge is 2.06. The van der Waals surface area contributed by atoms with Crippen LogP contribution in [0.4, 0.5) is 5.69 Å². The van der Waals surface area contributed by atoms with Crippen LogP contribution in [0.25, 0.3) is 0 Å². The molecule has 2 aromatic rings. The van der Waals surface area contributed by atoms with Crippen molar-refractivity contribution in [3.05, 3.63) is 48.0 Å². The molecule has 0 aliphatic carbocycles. The lowest BCUT2D eigenvalue weighted by Gasteiger charge is -2.11. The van der Waals surface area contributed by atoms with Crippen molar-refractivity contribution in [1.82, 2.24) is 0 Å². The number of ether oxygens (including phenoxy) is 3. The molecule has 0 aliphatic heterocycles. The molecule has 0 saturated heterocycles. The molecule has 4 heteroatoms. The van der Waals surface area contributed by atoms with Crippen LogP contribution in [0, 0.1) is 0 Å². The summed E-state index contributed by atoms with van der Waals surface area (Å²) in [6.45, 7) is 0.413. The van der Waals surface area contributed by atoms with Crippen LogP contribution in [0.15, 0.2) is 42.5 Å². The van der Waals surface area contributed by atoms with E-state index in [0.29, 0.717) is 12.3 Å². The number of anilines is 1. The van der Waals surface area contributed by atoms with Crippen LogP contribution in [0.5, 0.6) is 17.2 Å². The zero-order valence-corrected chi connectivity index (χ0v) is 11.1. The van der Waals surface area contributed by atoms with Crippen molar-refractivity contribution in [3.8, 4) is 17.2 Å². The molecule has 0 aromatic heterocycles. The molecule has 4 nitrogen and oxygen atoms in total. The van der Waals surface area contributed by atoms with Gasteiger partial charge in [-0.05, 0) is 24.3 Å². The molecule has 0 unspecified atom stereocenters. The van der Waals surface area contributed by atoms with Gasteiger partial charge in [-0.2, -0.15) is 0 Å². The average molecular weight is 259 g/mol. The fraction of sp³-hybridized carbons (Fsp3) is 0.200. The molecule has 0 atom stereocenters. The number of hydrogen-bond donors (Lipinski definition) is 1. The highest BCUT2D eigenvalue weighted by molar-refractivity contribution is 5.44. The predicted octanol–water partition coefficient (Wildman–Crippen LogP) is 2.87. The zero-order valence-electron chi connectivity index (χ0n) is 11.1. The van der Waals surface area contributed by atoms with Gasteiger partial charge in [-0.3, -0.25) is 0 Å². The third-order valence-corrected chi connectivity index (χ3v) is 2.75. The summed E-state index contributed by atoms with van der Waals surface area (Å²) in [6, 6.07) is 13.0. The number of hydrogen-bond acceptors (Lipinski definition) is 4. The Morgan fingerprint density at radius 1 is 0.947 bits per heavy atom. The molecule has 0 fully saturated rings. The number of benzene rings is 2. The maximum atomic E-state index is 5.70. The number of nitrogen functional groups attached to an aromatic ring is 1. The molecule has 2 aromatic carbocycles. The minimum absolute atomic E-state index is 0.413. The van der Waals surface area contributed by atoms with Crippen LogP contribution in [0.3, 0.4) is 0 Å². The van der Waals surface area contributed by atoms with E-state index in [1.165, 1.54) is 0 Å². The van der Waals surface area contributed by atoms with E-state index in [9.17, 15) is 0 Å². The zero-order chi connectivity index (χ0) is 13.7. The van der Waals surface area contributed by atoms with Crippen molar-refractivity contribution in [1.29, 1.82) is 0 Å². The summed E-state index contributed by atoms with van der Waals surface area (Å²) in [4.78, 5) is 0. The van der Waals surface area contributed by atoms with Gasteiger partial charge >= 0.3 is 0 Å². The summed E-state index contributed by atoms with van der Waals surface area (Å²) in [5, 5.41) is 0. The molecule has 0 amide bonds. The molecule has 100 valence electrons. The van der Waals surface area contributed by atoms with Gasteiger partial charge in [-0.15, -0.1) is 0 Å². The number of nitrogens with two attached hydrogens (primary N) is 1. The first-order valence-electron chi connectivity index (χ1n) is 5.92. The molecule has 2 N–H and O–H groups in total. The van der Waals surface area contributed by atoms with Crippen molar-refractivity contribution in [2.45, 2.75) is 6.61 Å². The second-order valence-corrected chi connectivity index (χ2v) is 4.04. The summed E-state index contributed by atoms with van der Waals surface area (Å²) >= 11 is 0. The lowest BCUT2D eigenvalue weighted by molar-refractivity contribution is 0.296. The predicted molar refractivity (Wildman–Crippen MR) is 74.7 cm³/mol. The molecule has 19 heavy (non-hydrogen) atoms. The highest BCUT2D eigenvalue weighted by atomic mass is 16.5. The van der Waals surface area contributed by atoms with E-state index in [2.05, 4.69) is 0 Å². The Kier molecular flexibility index (Phi) is 4.13. The molecular formula is C15H17NO3. The van der Waals surface area contributed by atoms with Gasteiger partial charge in [0.1, 0.15) is 23.9 Å². The van der Waals surface area contributed by atoms with Crippen LogP contribution in [-0.2, 0) is 6.61 Å². The fourth-order valence-corrected chi connectivity index (χ4v) is 1.74. The first kappa shape index (κ1) is 13.1. The largest absolute Gasteiger partial charge is 0.497 e. The normalized spacial score (nSPS) is 10.0. The second-order valence-electron chi connectivity index (χ2n) is 4.04. The third-order valence-electron chi connectivity index (χ3n) is 2.75. The van der Waals surface area contributed by atoms with E-state index < -0.39 is 0 Å². The Morgan fingerprint density at radius 2 is 1.79 bits per heavy atom. The van der Waals surface area contributed by atoms with E-state index in [0.717, 1.165) is 22.8 Å². The van der Waals surface area contributed by atoms with Crippen LogP contribution >= 0.6 is 0 Å². The molecule has 0 heterocycles. The number of methoxy groups -OCH3 is 2. The van der Waals surface area contributed by atoms with E-state index in [1.807, 2.05) is 36.4 Å². The summed E-state index contributed by atoms with van der Waals surface area (Å²) in [6.07, 6.45) is 0. The first-order chi connectivity index (χ1) is 9.22. The van der Waals surface area contributed by atoms with Crippen LogP contribution in [-0.4, -0.2) is 14.2 Å². The minimum Gasteiger partial charge on any atom is -0.497 e. The van der Waals surface area contributed by atoms with Crippen LogP contribution < -0.4 is 19.9 Å². The van der Waals surface area contributed by atoms with E-state index in [1.54, 1.807) is 20.3 Å². The van der Waals surface area contributed by atoms with E-state index in [4.69, 9.17) is 19.9 Å². The quantitative estimate of drug-likeness (QED) is 0.839. The van der Waals surface area contributed by atoms with Gasteiger partial charge < -0.3 is 19.9 Å². The number of rotatable bonds is 5. The first-order valence-corrected chi connectivity index (χ1v) is 5.92. The van der Waals surface area contributed by atoms with Gasteiger partial charge in [0.15, 0.2) is 0 Å². The second kappa shape index (κ2) is 6.00. The summed E-state index contributed by atoms with van der Waals surface area (Å²) in [5.74, 6) is 2.23. The topological polar surface area (TPSA) is 53.7 Å². The highest BCUT2D eigenvalue weighted by Crippen LogP contribution is 2.26. The average Bonchev–Trinajstić information content (AvgIpc) is 2.45. The van der Waals surface area contributed by atoms with Crippen molar-refractivity contribution in [2.24, 2.45) is 0 Å². The summed E-state index contributed by atoms with van der Waals surface area (Å²) in [7, 11) is 3.25. The Bertz CT molecular complexity index is 555. The molecule has 2 rings (SSSR count). The monoisotopic (exact) mass is 259 g/mol. The van der Waals surface area contributed by atoms with Gasteiger partial charge in [-0.25, -0.2) is 0 Å². The van der Waals surface area contributed by atoms with Gasteiger partial charge in [-0.1, -0.05) is 6.07 Å². The van der Waals surface area contributed by atoms with Crippen molar-refractivity contribution >= 4 is 5.69 Å². The summed E-state index contributed by atoms with van der Waals surface area (Å²) in [5.41, 5.74) is 7.33. The fourth-order valence-electron chi connectivity index (χ4n) is 1.74. The smallest absolute Gasteiger partial charge is 0.129 e. The van der Waals surface area contributed by atoms with Gasteiger partial charge in [0.25, 0.3) is 0 Å². The van der Waals surface area contributed by atoms with Crippen molar-refractivity contribution < 1.29 is 14.2 Å². The van der Waals surface area contributed by atoms with Crippen molar-refractivity contribution in [2.75, 3.05) is 20.0 Å². The molecule has 0 aliphatic rings. The Hall–Kier alpha value is -2.36. The standard InChI is InChI=1S/C15H17NO3/c1-17-13-7-6-11(15(9-13)18-2)10-19-14-5-3-4-12(16)8-14/h3-9H,10,16H2,1-2H3. The van der Waals surface area contributed by atoms with Crippen LogP contribution in [0.2, 0.25) is 0 Å². The minimum atomic E-state index is 0.413. The van der Waals surface area contributed by atoms with Gasteiger partial charge in [0.2, 0.25) is 0 Å². The molecule has 0 spiro atoms. The van der Waals surface area contributed by atoms with Crippen LogP contribution in [0.1, 0.15) is 5.56 Å². The van der Waals surface area contributed by atoms with Gasteiger partial charge in [0.05, 0.1) is 14.2 Å². The molecular weight excluding hydrogens is 242 g/mol. The van der Waals surface area contributed by atoms with Crippen molar-refractivity contribution in [3.63, 3.8) is 0 Å². The Labute approximate surface area is 112 Å². The van der Waals surface area contributed by atoms with E-state index >= 15 is 0 Å². The molecule has 0 bridgehead atoms. The summed E-state index contributed by atoms with van der Waals surface area (Å²) < 4.78 is 16.2. The van der Waals surface area contributed by atoms with Gasteiger partial charge in [0, 0.05) is 23.4 Å². The maximum Gasteiger partial charge on any atom is 0.129 e.